The summed E-state index contributed by atoms with van der Waals surface area (Å²) in [7, 11) is 0. The Morgan fingerprint density at radius 3 is 2.79 bits per heavy atom. The standard InChI is InChI=1S/C14H16BrN3O/c1-3-7-19-11-6-4-5-10(8-11)14-17-9(2)12(15)13(16)18-14/h4-6,8H,3,7H2,1-2H3,(H2,16,17,18). The van der Waals surface area contributed by atoms with Gasteiger partial charge in [0.05, 0.1) is 16.8 Å². The molecule has 0 amide bonds. The number of hydrogen-bond acceptors (Lipinski definition) is 4. The lowest BCUT2D eigenvalue weighted by molar-refractivity contribution is 0.317. The van der Waals surface area contributed by atoms with E-state index in [9.17, 15) is 0 Å². The van der Waals surface area contributed by atoms with Crippen molar-refractivity contribution in [1.82, 2.24) is 9.97 Å². The van der Waals surface area contributed by atoms with Gasteiger partial charge < -0.3 is 10.5 Å². The summed E-state index contributed by atoms with van der Waals surface area (Å²) in [6, 6.07) is 7.73. The first-order valence-electron chi connectivity index (χ1n) is 6.14. The lowest BCUT2D eigenvalue weighted by Gasteiger charge is -2.08. The van der Waals surface area contributed by atoms with E-state index >= 15 is 0 Å². The number of anilines is 1. The average Bonchev–Trinajstić information content (AvgIpc) is 2.42. The fraction of sp³-hybridized carbons (Fsp3) is 0.286. The molecule has 0 aliphatic heterocycles. The second-order valence-corrected chi connectivity index (χ2v) is 5.00. The number of benzene rings is 1. The molecular weight excluding hydrogens is 306 g/mol. The van der Waals surface area contributed by atoms with Crippen molar-refractivity contribution >= 4 is 21.7 Å². The van der Waals surface area contributed by atoms with Gasteiger partial charge in [-0.2, -0.15) is 0 Å². The monoisotopic (exact) mass is 321 g/mol. The van der Waals surface area contributed by atoms with Crippen LogP contribution >= 0.6 is 15.9 Å². The molecule has 2 N–H and O–H groups in total. The van der Waals surface area contributed by atoms with E-state index in [1.165, 1.54) is 0 Å². The summed E-state index contributed by atoms with van der Waals surface area (Å²) in [5.41, 5.74) is 7.57. The van der Waals surface area contributed by atoms with Gasteiger partial charge in [0.2, 0.25) is 0 Å². The number of halogens is 1. The number of nitrogen functional groups attached to an aromatic ring is 1. The van der Waals surface area contributed by atoms with E-state index in [1.54, 1.807) is 0 Å². The number of rotatable bonds is 4. The summed E-state index contributed by atoms with van der Waals surface area (Å²) in [6.07, 6.45) is 0.977. The molecule has 0 atom stereocenters. The largest absolute Gasteiger partial charge is 0.494 e. The molecule has 100 valence electrons. The predicted octanol–water partition coefficient (Wildman–Crippen LogP) is 3.59. The third-order valence-corrected chi connectivity index (χ3v) is 3.59. The summed E-state index contributed by atoms with van der Waals surface area (Å²) in [5.74, 6) is 1.88. The number of aryl methyl sites for hydroxylation is 1. The fourth-order valence-corrected chi connectivity index (χ4v) is 1.83. The quantitative estimate of drug-likeness (QED) is 0.934. The molecular formula is C14H16BrN3O. The second-order valence-electron chi connectivity index (χ2n) is 4.21. The first kappa shape index (κ1) is 13.8. The van der Waals surface area contributed by atoms with Crippen LogP contribution < -0.4 is 10.5 Å². The van der Waals surface area contributed by atoms with Crippen LogP contribution in [0.5, 0.6) is 5.75 Å². The molecule has 1 aromatic heterocycles. The van der Waals surface area contributed by atoms with Gasteiger partial charge in [-0.15, -0.1) is 0 Å². The molecule has 0 fully saturated rings. The normalized spacial score (nSPS) is 10.5. The molecule has 0 saturated heterocycles. The van der Waals surface area contributed by atoms with E-state index in [1.807, 2.05) is 31.2 Å². The zero-order chi connectivity index (χ0) is 13.8. The first-order chi connectivity index (χ1) is 9.11. The Morgan fingerprint density at radius 2 is 2.11 bits per heavy atom. The van der Waals surface area contributed by atoms with Crippen molar-refractivity contribution in [3.63, 3.8) is 0 Å². The van der Waals surface area contributed by atoms with E-state index in [-0.39, 0.29) is 0 Å². The molecule has 1 heterocycles. The van der Waals surface area contributed by atoms with Gasteiger partial charge in [0.15, 0.2) is 5.82 Å². The van der Waals surface area contributed by atoms with Crippen molar-refractivity contribution in [2.45, 2.75) is 20.3 Å². The lowest BCUT2D eigenvalue weighted by Crippen LogP contribution is -2.00. The van der Waals surface area contributed by atoms with Gasteiger partial charge in [0.25, 0.3) is 0 Å². The average molecular weight is 322 g/mol. The molecule has 2 rings (SSSR count). The van der Waals surface area contributed by atoms with Gasteiger partial charge in [-0.3, -0.25) is 0 Å². The molecule has 19 heavy (non-hydrogen) atoms. The number of nitrogens with zero attached hydrogens (tertiary/aromatic N) is 2. The van der Waals surface area contributed by atoms with Crippen molar-refractivity contribution in [2.24, 2.45) is 0 Å². The Balaban J connectivity index is 2.36. The van der Waals surface area contributed by atoms with Gasteiger partial charge in [-0.1, -0.05) is 19.1 Å². The van der Waals surface area contributed by atoms with Crippen LogP contribution in [-0.2, 0) is 0 Å². The van der Waals surface area contributed by atoms with Crippen LogP contribution in [0.3, 0.4) is 0 Å². The Morgan fingerprint density at radius 1 is 1.32 bits per heavy atom. The Bertz CT molecular complexity index is 564. The molecule has 0 spiro atoms. The van der Waals surface area contributed by atoms with Crippen molar-refractivity contribution in [1.29, 1.82) is 0 Å². The molecule has 0 unspecified atom stereocenters. The zero-order valence-electron chi connectivity index (χ0n) is 11.0. The molecule has 2 aromatic rings. The van der Waals surface area contributed by atoms with Crippen LogP contribution in [0.4, 0.5) is 5.82 Å². The van der Waals surface area contributed by atoms with Crippen LogP contribution in [0.1, 0.15) is 19.0 Å². The summed E-state index contributed by atoms with van der Waals surface area (Å²) in [6.45, 7) is 4.67. The van der Waals surface area contributed by atoms with Gasteiger partial charge in [-0.25, -0.2) is 9.97 Å². The van der Waals surface area contributed by atoms with Gasteiger partial charge in [-0.05, 0) is 41.4 Å². The van der Waals surface area contributed by atoms with Gasteiger partial charge in [0.1, 0.15) is 11.6 Å². The van der Waals surface area contributed by atoms with Crippen LogP contribution in [0.25, 0.3) is 11.4 Å². The molecule has 1 aromatic carbocycles. The van der Waals surface area contributed by atoms with E-state index < -0.39 is 0 Å². The topological polar surface area (TPSA) is 61.0 Å². The number of hydrogen-bond donors (Lipinski definition) is 1. The maximum Gasteiger partial charge on any atom is 0.161 e. The minimum Gasteiger partial charge on any atom is -0.494 e. The molecule has 4 nitrogen and oxygen atoms in total. The van der Waals surface area contributed by atoms with E-state index in [2.05, 4.69) is 32.8 Å². The summed E-state index contributed by atoms with van der Waals surface area (Å²) in [4.78, 5) is 8.72. The van der Waals surface area contributed by atoms with E-state index in [0.29, 0.717) is 18.2 Å². The molecule has 5 heteroatoms. The molecule has 0 aliphatic carbocycles. The Kier molecular flexibility index (Phi) is 4.37. The highest BCUT2D eigenvalue weighted by Crippen LogP contribution is 2.26. The van der Waals surface area contributed by atoms with E-state index in [4.69, 9.17) is 10.5 Å². The first-order valence-corrected chi connectivity index (χ1v) is 6.94. The van der Waals surface area contributed by atoms with Crippen molar-refractivity contribution in [3.05, 3.63) is 34.4 Å². The van der Waals surface area contributed by atoms with Crippen LogP contribution in [0.2, 0.25) is 0 Å². The smallest absolute Gasteiger partial charge is 0.161 e. The number of aromatic nitrogens is 2. The SMILES string of the molecule is CCCOc1cccc(-c2nc(C)c(Br)c(N)n2)c1. The third kappa shape index (κ3) is 3.23. The van der Waals surface area contributed by atoms with Crippen molar-refractivity contribution < 1.29 is 4.74 Å². The number of nitrogens with two attached hydrogens (primary N) is 1. The highest BCUT2D eigenvalue weighted by atomic mass is 79.9. The fourth-order valence-electron chi connectivity index (χ4n) is 1.66. The Labute approximate surface area is 121 Å². The zero-order valence-corrected chi connectivity index (χ0v) is 12.6. The summed E-state index contributed by atoms with van der Waals surface area (Å²) in [5, 5.41) is 0. The minimum absolute atomic E-state index is 0.447. The second kappa shape index (κ2) is 6.02. The summed E-state index contributed by atoms with van der Waals surface area (Å²) >= 11 is 3.36. The maximum atomic E-state index is 5.85. The van der Waals surface area contributed by atoms with Crippen LogP contribution in [0.15, 0.2) is 28.7 Å². The van der Waals surface area contributed by atoms with Crippen molar-refractivity contribution in [2.75, 3.05) is 12.3 Å². The van der Waals surface area contributed by atoms with E-state index in [0.717, 1.165) is 27.9 Å². The Hall–Kier alpha value is -1.62. The lowest BCUT2D eigenvalue weighted by atomic mass is 10.2. The minimum atomic E-state index is 0.447. The van der Waals surface area contributed by atoms with Crippen LogP contribution in [0, 0.1) is 6.92 Å². The summed E-state index contributed by atoms with van der Waals surface area (Å²) < 4.78 is 6.35. The van der Waals surface area contributed by atoms with Crippen LogP contribution in [-0.4, -0.2) is 16.6 Å². The molecule has 0 radical (unpaired) electrons. The molecule has 0 aliphatic rings. The molecule has 0 saturated carbocycles. The predicted molar refractivity (Wildman–Crippen MR) is 80.1 cm³/mol. The van der Waals surface area contributed by atoms with Crippen molar-refractivity contribution in [3.8, 4) is 17.1 Å². The van der Waals surface area contributed by atoms with Gasteiger partial charge >= 0.3 is 0 Å². The third-order valence-electron chi connectivity index (χ3n) is 2.61. The maximum absolute atomic E-state index is 5.85. The highest BCUT2D eigenvalue weighted by Gasteiger charge is 2.09. The van der Waals surface area contributed by atoms with Gasteiger partial charge in [0, 0.05) is 5.56 Å². The molecule has 0 bridgehead atoms. The highest BCUT2D eigenvalue weighted by molar-refractivity contribution is 9.10. The number of ether oxygens (including phenoxy) is 1.